The van der Waals surface area contributed by atoms with E-state index >= 15 is 0 Å². The molecule has 0 radical (unpaired) electrons. The molecule has 62 valence electrons. The Hall–Kier alpha value is -0.920. The fourth-order valence-electron chi connectivity index (χ4n) is 0.661. The van der Waals surface area contributed by atoms with E-state index in [0.717, 1.165) is 17.4 Å². The van der Waals surface area contributed by atoms with Crippen LogP contribution in [0.4, 0.5) is 0 Å². The van der Waals surface area contributed by atoms with E-state index in [9.17, 15) is 9.59 Å². The molecule has 2 heteroatoms. The van der Waals surface area contributed by atoms with Crippen LogP contribution in [0.5, 0.6) is 0 Å². The van der Waals surface area contributed by atoms with Crippen LogP contribution >= 0.6 is 0 Å². The van der Waals surface area contributed by atoms with Crippen LogP contribution in [0.1, 0.15) is 33.6 Å². The number of aldehydes is 1. The monoisotopic (exact) mass is 154 g/mol. The molecule has 0 spiro atoms. The van der Waals surface area contributed by atoms with Gasteiger partial charge in [-0.3, -0.25) is 4.79 Å². The topological polar surface area (TPSA) is 34.1 Å². The predicted molar refractivity (Wildman–Crippen MR) is 44.4 cm³/mol. The maximum absolute atomic E-state index is 10.5. The van der Waals surface area contributed by atoms with E-state index in [1.807, 2.05) is 6.92 Å². The minimum Gasteiger partial charge on any atom is -0.300 e. The quantitative estimate of drug-likeness (QED) is 0.457. The maximum Gasteiger partial charge on any atom is 0.145 e. The highest BCUT2D eigenvalue weighted by Crippen LogP contribution is 2.08. The summed E-state index contributed by atoms with van der Waals surface area (Å²) in [5.74, 6) is 0.169. The lowest BCUT2D eigenvalue weighted by atomic mass is 10.1. The van der Waals surface area contributed by atoms with Crippen molar-refractivity contribution in [1.82, 2.24) is 0 Å². The van der Waals surface area contributed by atoms with Crippen LogP contribution in [0, 0.1) is 0 Å². The zero-order valence-electron chi connectivity index (χ0n) is 7.31. The highest BCUT2D eigenvalue weighted by molar-refractivity contribution is 5.77. The Morgan fingerprint density at radius 2 is 1.73 bits per heavy atom. The van der Waals surface area contributed by atoms with Gasteiger partial charge in [-0.15, -0.1) is 0 Å². The number of carbonyl (C=O) groups excluding carboxylic acids is 2. The SMILES string of the molecule is CC(=O)CCC(C)=C(C)C=O. The second-order valence-electron chi connectivity index (χ2n) is 2.78. The Labute approximate surface area is 67.3 Å². The van der Waals surface area contributed by atoms with Gasteiger partial charge in [0.05, 0.1) is 0 Å². The molecule has 0 heterocycles. The van der Waals surface area contributed by atoms with Crippen molar-refractivity contribution in [3.8, 4) is 0 Å². The summed E-state index contributed by atoms with van der Waals surface area (Å²) >= 11 is 0. The van der Waals surface area contributed by atoms with Crippen LogP contribution in [0.3, 0.4) is 0 Å². The Balaban J connectivity index is 3.95. The third-order valence-electron chi connectivity index (χ3n) is 1.70. The lowest BCUT2D eigenvalue weighted by molar-refractivity contribution is -0.117. The van der Waals surface area contributed by atoms with Crippen LogP contribution in [-0.4, -0.2) is 12.1 Å². The molecule has 0 aliphatic rings. The number of ketones is 1. The van der Waals surface area contributed by atoms with E-state index in [-0.39, 0.29) is 5.78 Å². The van der Waals surface area contributed by atoms with Crippen molar-refractivity contribution in [2.75, 3.05) is 0 Å². The van der Waals surface area contributed by atoms with Gasteiger partial charge in [0.15, 0.2) is 0 Å². The lowest BCUT2D eigenvalue weighted by Crippen LogP contribution is -1.92. The van der Waals surface area contributed by atoms with Gasteiger partial charge in [0.2, 0.25) is 0 Å². The first-order valence-corrected chi connectivity index (χ1v) is 3.69. The average Bonchev–Trinajstić information content (AvgIpc) is 1.98. The smallest absolute Gasteiger partial charge is 0.145 e. The summed E-state index contributed by atoms with van der Waals surface area (Å²) in [4.78, 5) is 20.8. The van der Waals surface area contributed by atoms with Crippen molar-refractivity contribution in [3.63, 3.8) is 0 Å². The number of hydrogen-bond donors (Lipinski definition) is 0. The molecule has 0 atom stereocenters. The van der Waals surface area contributed by atoms with Gasteiger partial charge >= 0.3 is 0 Å². The standard InChI is InChI=1S/C9H14O2/c1-7(8(2)6-10)4-5-9(3)11/h6H,4-5H2,1-3H3. The lowest BCUT2D eigenvalue weighted by Gasteiger charge is -1.99. The minimum atomic E-state index is 0.169. The highest BCUT2D eigenvalue weighted by atomic mass is 16.1. The highest BCUT2D eigenvalue weighted by Gasteiger charge is 1.97. The van der Waals surface area contributed by atoms with E-state index in [4.69, 9.17) is 0 Å². The summed E-state index contributed by atoms with van der Waals surface area (Å²) in [5.41, 5.74) is 1.75. The molecule has 0 bridgehead atoms. The van der Waals surface area contributed by atoms with E-state index in [1.165, 1.54) is 0 Å². The summed E-state index contributed by atoms with van der Waals surface area (Å²) in [7, 11) is 0. The summed E-state index contributed by atoms with van der Waals surface area (Å²) < 4.78 is 0. The van der Waals surface area contributed by atoms with Gasteiger partial charge in [0, 0.05) is 6.42 Å². The normalized spacial score (nSPS) is 12.3. The van der Waals surface area contributed by atoms with Crippen LogP contribution in [0.2, 0.25) is 0 Å². The third-order valence-corrected chi connectivity index (χ3v) is 1.70. The van der Waals surface area contributed by atoms with E-state index in [0.29, 0.717) is 12.8 Å². The summed E-state index contributed by atoms with van der Waals surface area (Å²) in [5, 5.41) is 0. The molecular weight excluding hydrogens is 140 g/mol. The van der Waals surface area contributed by atoms with E-state index in [2.05, 4.69) is 0 Å². The molecular formula is C9H14O2. The largest absolute Gasteiger partial charge is 0.300 e. The van der Waals surface area contributed by atoms with Crippen LogP contribution in [-0.2, 0) is 9.59 Å². The molecule has 0 aromatic heterocycles. The van der Waals surface area contributed by atoms with Gasteiger partial charge < -0.3 is 4.79 Å². The zero-order valence-corrected chi connectivity index (χ0v) is 7.31. The predicted octanol–water partition coefficient (Wildman–Crippen LogP) is 1.89. The van der Waals surface area contributed by atoms with Crippen LogP contribution in [0.25, 0.3) is 0 Å². The fraction of sp³-hybridized carbons (Fsp3) is 0.556. The Bertz CT molecular complexity index is 190. The summed E-state index contributed by atoms with van der Waals surface area (Å²) in [6.07, 6.45) is 2.08. The van der Waals surface area contributed by atoms with Crippen molar-refractivity contribution in [1.29, 1.82) is 0 Å². The molecule has 0 saturated carbocycles. The summed E-state index contributed by atoms with van der Waals surface area (Å²) in [6, 6.07) is 0. The summed E-state index contributed by atoms with van der Waals surface area (Å²) in [6.45, 7) is 5.21. The third kappa shape index (κ3) is 4.48. The van der Waals surface area contributed by atoms with E-state index in [1.54, 1.807) is 13.8 Å². The van der Waals surface area contributed by atoms with Gasteiger partial charge in [-0.1, -0.05) is 5.57 Å². The first-order valence-electron chi connectivity index (χ1n) is 3.69. The molecule has 0 amide bonds. The van der Waals surface area contributed by atoms with Gasteiger partial charge in [0.25, 0.3) is 0 Å². The molecule has 0 aromatic carbocycles. The van der Waals surface area contributed by atoms with Crippen molar-refractivity contribution in [2.45, 2.75) is 33.6 Å². The number of hydrogen-bond acceptors (Lipinski definition) is 2. The molecule has 0 fully saturated rings. The van der Waals surface area contributed by atoms with Crippen molar-refractivity contribution in [2.24, 2.45) is 0 Å². The Morgan fingerprint density at radius 3 is 2.09 bits per heavy atom. The first kappa shape index (κ1) is 10.1. The van der Waals surface area contributed by atoms with Crippen molar-refractivity contribution in [3.05, 3.63) is 11.1 Å². The molecule has 0 rings (SSSR count). The van der Waals surface area contributed by atoms with E-state index < -0.39 is 0 Å². The number of allylic oxidation sites excluding steroid dienone is 2. The number of rotatable bonds is 4. The second kappa shape index (κ2) is 4.83. The molecule has 11 heavy (non-hydrogen) atoms. The van der Waals surface area contributed by atoms with Gasteiger partial charge in [-0.05, 0) is 32.8 Å². The minimum absolute atomic E-state index is 0.169. The van der Waals surface area contributed by atoms with Crippen molar-refractivity contribution >= 4 is 12.1 Å². The molecule has 0 saturated heterocycles. The van der Waals surface area contributed by atoms with Crippen LogP contribution < -0.4 is 0 Å². The number of Topliss-reactive ketones (excluding diaryl/α,β-unsaturated/α-hetero) is 1. The Kier molecular flexibility index (Phi) is 4.42. The zero-order chi connectivity index (χ0) is 8.85. The number of carbonyl (C=O) groups is 2. The van der Waals surface area contributed by atoms with Gasteiger partial charge in [-0.2, -0.15) is 0 Å². The second-order valence-corrected chi connectivity index (χ2v) is 2.78. The maximum atomic E-state index is 10.5. The van der Waals surface area contributed by atoms with Gasteiger partial charge in [0.1, 0.15) is 12.1 Å². The van der Waals surface area contributed by atoms with Crippen molar-refractivity contribution < 1.29 is 9.59 Å². The molecule has 0 unspecified atom stereocenters. The fourth-order valence-corrected chi connectivity index (χ4v) is 0.661. The molecule has 2 nitrogen and oxygen atoms in total. The Morgan fingerprint density at radius 1 is 1.18 bits per heavy atom. The van der Waals surface area contributed by atoms with Crippen LogP contribution in [0.15, 0.2) is 11.1 Å². The average molecular weight is 154 g/mol. The first-order chi connectivity index (χ1) is 5.07. The van der Waals surface area contributed by atoms with Gasteiger partial charge in [-0.25, -0.2) is 0 Å². The molecule has 0 aliphatic heterocycles. The molecule has 0 aromatic rings. The molecule has 0 N–H and O–H groups in total. The molecule has 0 aliphatic carbocycles.